The summed E-state index contributed by atoms with van der Waals surface area (Å²) in [6, 6.07) is 16.0. The van der Waals surface area contributed by atoms with Gasteiger partial charge in [-0.2, -0.15) is 0 Å². The molecule has 0 unspecified atom stereocenters. The van der Waals surface area contributed by atoms with Gasteiger partial charge in [0.15, 0.2) is 0 Å². The summed E-state index contributed by atoms with van der Waals surface area (Å²) in [5, 5.41) is 3.46. The molecule has 6 nitrogen and oxygen atoms in total. The Morgan fingerprint density at radius 1 is 1.08 bits per heavy atom. The van der Waals surface area contributed by atoms with E-state index in [1.807, 2.05) is 55.7 Å². The molecule has 1 fully saturated rings. The highest BCUT2D eigenvalue weighted by atomic mass is 79.9. The minimum Gasteiger partial charge on any atom is -0.334 e. The van der Waals surface area contributed by atoms with Gasteiger partial charge >= 0.3 is 11.8 Å². The maximum Gasteiger partial charge on any atom is 0.313 e. The second-order valence-corrected chi connectivity index (χ2v) is 11.5. The fourth-order valence-corrected chi connectivity index (χ4v) is 6.29. The number of piperidine rings is 1. The topological polar surface area (TPSA) is 67.2 Å². The van der Waals surface area contributed by atoms with Crippen molar-refractivity contribution in [1.29, 1.82) is 0 Å². The molecule has 2 heterocycles. The summed E-state index contributed by atoms with van der Waals surface area (Å²) in [5.74, 6) is -0.475. The van der Waals surface area contributed by atoms with E-state index >= 15 is 0 Å². The summed E-state index contributed by atoms with van der Waals surface area (Å²) in [4.78, 5) is 32.2. The van der Waals surface area contributed by atoms with Gasteiger partial charge < -0.3 is 14.8 Å². The van der Waals surface area contributed by atoms with Crippen molar-refractivity contribution in [1.82, 2.24) is 14.5 Å². The fourth-order valence-electron chi connectivity index (χ4n) is 5.28. The van der Waals surface area contributed by atoms with Crippen molar-refractivity contribution in [3.63, 3.8) is 0 Å². The van der Waals surface area contributed by atoms with Crippen LogP contribution in [0.25, 0.3) is 22.4 Å². The zero-order chi connectivity index (χ0) is 27.8. The first-order valence-electron chi connectivity index (χ1n) is 13.0. The number of aromatic nitrogens is 2. The van der Waals surface area contributed by atoms with Crippen molar-refractivity contribution in [2.45, 2.75) is 45.6 Å². The Bertz CT molecular complexity index is 1580. The molecule has 3 aromatic carbocycles. The number of amides is 2. The highest BCUT2D eigenvalue weighted by Gasteiger charge is 2.29. The molecule has 0 saturated carbocycles. The minimum atomic E-state index is -0.651. The largest absolute Gasteiger partial charge is 0.334 e. The molecule has 0 spiro atoms. The number of imidazole rings is 1. The van der Waals surface area contributed by atoms with Gasteiger partial charge in [-0.05, 0) is 99.2 Å². The van der Waals surface area contributed by atoms with Crippen LogP contribution in [0.15, 0.2) is 59.1 Å². The second kappa shape index (κ2) is 11.1. The monoisotopic (exact) mass is 610 g/mol. The number of likely N-dealkylation sites (tertiary alicyclic amines) is 1. The van der Waals surface area contributed by atoms with E-state index in [0.29, 0.717) is 35.2 Å². The van der Waals surface area contributed by atoms with E-state index in [1.165, 1.54) is 17.7 Å². The Labute approximate surface area is 240 Å². The number of halogens is 3. The first-order chi connectivity index (χ1) is 18.6. The van der Waals surface area contributed by atoms with Crippen LogP contribution < -0.4 is 5.32 Å². The van der Waals surface area contributed by atoms with E-state index in [1.54, 1.807) is 17.0 Å². The first-order valence-corrected chi connectivity index (χ1v) is 14.1. The van der Waals surface area contributed by atoms with Crippen LogP contribution in [-0.4, -0.2) is 39.4 Å². The van der Waals surface area contributed by atoms with Crippen LogP contribution in [0.2, 0.25) is 5.02 Å². The maximum atomic E-state index is 13.9. The smallest absolute Gasteiger partial charge is 0.313 e. The third-order valence-electron chi connectivity index (χ3n) is 7.28. The molecule has 39 heavy (non-hydrogen) atoms. The molecular weight excluding hydrogens is 583 g/mol. The molecule has 4 aromatic rings. The van der Waals surface area contributed by atoms with Gasteiger partial charge in [0.25, 0.3) is 0 Å². The van der Waals surface area contributed by atoms with Gasteiger partial charge in [0.2, 0.25) is 0 Å². The lowest BCUT2D eigenvalue weighted by Gasteiger charge is -2.32. The third kappa shape index (κ3) is 5.58. The SMILES string of the molecule is Cc1cc(-c2nc3ccc(F)cc3n2C(C)C)ccc1NC(=O)C(=O)N1CCC(c2ccc(Cl)cc2Br)CC1. The number of hydrogen-bond acceptors (Lipinski definition) is 3. The Morgan fingerprint density at radius 2 is 1.82 bits per heavy atom. The van der Waals surface area contributed by atoms with Gasteiger partial charge in [-0.15, -0.1) is 0 Å². The van der Waals surface area contributed by atoms with E-state index < -0.39 is 11.8 Å². The van der Waals surface area contributed by atoms with Crippen LogP contribution in [0.4, 0.5) is 10.1 Å². The summed E-state index contributed by atoms with van der Waals surface area (Å²) in [6.45, 7) is 6.95. The molecule has 5 rings (SSSR count). The summed E-state index contributed by atoms with van der Waals surface area (Å²) < 4.78 is 16.9. The molecule has 0 bridgehead atoms. The summed E-state index contributed by atoms with van der Waals surface area (Å²) >= 11 is 9.66. The van der Waals surface area contributed by atoms with E-state index in [0.717, 1.165) is 39.8 Å². The van der Waals surface area contributed by atoms with Crippen molar-refractivity contribution in [2.24, 2.45) is 0 Å². The highest BCUT2D eigenvalue weighted by molar-refractivity contribution is 9.10. The molecular formula is C30H29BrClFN4O2. The summed E-state index contributed by atoms with van der Waals surface area (Å²) in [7, 11) is 0. The Hall–Kier alpha value is -3.23. The van der Waals surface area contributed by atoms with Gasteiger partial charge in [0.05, 0.1) is 11.0 Å². The van der Waals surface area contributed by atoms with Crippen LogP contribution in [0.5, 0.6) is 0 Å². The van der Waals surface area contributed by atoms with Gasteiger partial charge in [-0.25, -0.2) is 9.37 Å². The first kappa shape index (κ1) is 27.3. The zero-order valence-electron chi connectivity index (χ0n) is 22.0. The summed E-state index contributed by atoms with van der Waals surface area (Å²) in [6.07, 6.45) is 1.54. The predicted octanol–water partition coefficient (Wildman–Crippen LogP) is 7.49. The lowest BCUT2D eigenvalue weighted by atomic mass is 9.89. The fraction of sp³-hybridized carbons (Fsp3) is 0.300. The Kier molecular flexibility index (Phi) is 7.78. The minimum absolute atomic E-state index is 0.0639. The molecule has 0 atom stereocenters. The number of aryl methyl sites for hydroxylation is 1. The van der Waals surface area contributed by atoms with Crippen LogP contribution in [0.1, 0.15) is 49.8 Å². The molecule has 1 saturated heterocycles. The Balaban J connectivity index is 1.28. The van der Waals surface area contributed by atoms with Crippen LogP contribution in [-0.2, 0) is 9.59 Å². The molecule has 0 aliphatic carbocycles. The number of carbonyl (C=O) groups is 2. The summed E-state index contributed by atoms with van der Waals surface area (Å²) in [5.41, 5.74) is 4.82. The molecule has 1 aliphatic rings. The van der Waals surface area contributed by atoms with E-state index in [-0.39, 0.29) is 11.9 Å². The average Bonchev–Trinajstić information content (AvgIpc) is 3.28. The van der Waals surface area contributed by atoms with Crippen molar-refractivity contribution >= 4 is 56.1 Å². The molecule has 202 valence electrons. The molecule has 1 aliphatic heterocycles. The van der Waals surface area contributed by atoms with Crippen LogP contribution in [0, 0.1) is 12.7 Å². The quantitative estimate of drug-likeness (QED) is 0.243. The van der Waals surface area contributed by atoms with Crippen molar-refractivity contribution in [3.8, 4) is 11.4 Å². The number of nitrogens with zero attached hydrogens (tertiary/aromatic N) is 3. The van der Waals surface area contributed by atoms with Crippen molar-refractivity contribution in [2.75, 3.05) is 18.4 Å². The zero-order valence-corrected chi connectivity index (χ0v) is 24.3. The van der Waals surface area contributed by atoms with Crippen molar-refractivity contribution in [3.05, 3.63) is 81.0 Å². The molecule has 1 aromatic heterocycles. The number of anilines is 1. The molecule has 0 radical (unpaired) electrons. The van der Waals surface area contributed by atoms with Gasteiger partial charge in [0.1, 0.15) is 11.6 Å². The normalized spacial score (nSPS) is 14.3. The second-order valence-electron chi connectivity index (χ2n) is 10.2. The van der Waals surface area contributed by atoms with Crippen molar-refractivity contribution < 1.29 is 14.0 Å². The number of nitrogens with one attached hydrogen (secondary N) is 1. The van der Waals surface area contributed by atoms with E-state index in [9.17, 15) is 14.0 Å². The predicted molar refractivity (Wildman–Crippen MR) is 157 cm³/mol. The lowest BCUT2D eigenvalue weighted by Crippen LogP contribution is -2.43. The van der Waals surface area contributed by atoms with Crippen LogP contribution >= 0.6 is 27.5 Å². The lowest BCUT2D eigenvalue weighted by molar-refractivity contribution is -0.143. The highest BCUT2D eigenvalue weighted by Crippen LogP contribution is 2.35. The Morgan fingerprint density at radius 3 is 2.49 bits per heavy atom. The molecule has 9 heteroatoms. The maximum absolute atomic E-state index is 13.9. The third-order valence-corrected chi connectivity index (χ3v) is 8.20. The van der Waals surface area contributed by atoms with E-state index in [2.05, 4.69) is 21.2 Å². The van der Waals surface area contributed by atoms with Gasteiger partial charge in [-0.3, -0.25) is 9.59 Å². The standard InChI is InChI=1S/C30H29BrClFN4O2/c1-17(2)37-27-16-22(33)6-9-26(27)34-28(37)20-4-8-25(18(3)14-20)35-29(38)30(39)36-12-10-19(11-13-36)23-7-5-21(32)15-24(23)31/h4-9,14-17,19H,10-13H2,1-3H3,(H,35,38). The van der Waals surface area contributed by atoms with Gasteiger partial charge in [0, 0.05) is 39.9 Å². The number of carbonyl (C=O) groups excluding carboxylic acids is 2. The molecule has 2 amide bonds. The van der Waals surface area contributed by atoms with Crippen LogP contribution in [0.3, 0.4) is 0 Å². The average molecular weight is 612 g/mol. The number of benzene rings is 3. The number of hydrogen-bond donors (Lipinski definition) is 1. The molecule has 1 N–H and O–H groups in total. The van der Waals surface area contributed by atoms with E-state index in [4.69, 9.17) is 16.6 Å². The number of rotatable bonds is 4. The van der Waals surface area contributed by atoms with Gasteiger partial charge in [-0.1, -0.05) is 33.6 Å². The number of fused-ring (bicyclic) bond motifs is 1.